The van der Waals surface area contributed by atoms with Crippen LogP contribution in [0.1, 0.15) is 27.9 Å². The molecule has 2 aromatic heterocycles. The van der Waals surface area contributed by atoms with Crippen molar-refractivity contribution in [3.63, 3.8) is 0 Å². The van der Waals surface area contributed by atoms with Crippen LogP contribution in [0.2, 0.25) is 0 Å². The van der Waals surface area contributed by atoms with Crippen LogP contribution in [0.25, 0.3) is 5.52 Å². The molecular formula is C40H40N4O6. The van der Waals surface area contributed by atoms with E-state index in [0.717, 1.165) is 22.3 Å². The van der Waals surface area contributed by atoms with Crippen LogP contribution in [-0.4, -0.2) is 50.7 Å². The Balaban J connectivity index is 1.31. The highest BCUT2D eigenvalue weighted by Gasteiger charge is 2.66. The molecule has 10 heteroatoms. The third kappa shape index (κ3) is 7.31. The lowest BCUT2D eigenvalue weighted by Gasteiger charge is -2.34. The van der Waals surface area contributed by atoms with E-state index in [-0.39, 0.29) is 32.2 Å². The summed E-state index contributed by atoms with van der Waals surface area (Å²) in [6, 6.07) is 42.8. The number of benzene rings is 4. The fraction of sp³-hybridized carbons (Fsp3) is 0.250. The molecule has 10 nitrogen and oxygen atoms in total. The maximum atomic E-state index is 13.0. The van der Waals surface area contributed by atoms with Gasteiger partial charge in [0, 0.05) is 0 Å². The first kappa shape index (κ1) is 33.6. The summed E-state index contributed by atoms with van der Waals surface area (Å²) >= 11 is 0. The maximum absolute atomic E-state index is 13.0. The molecule has 1 aliphatic rings. The quantitative estimate of drug-likeness (QED) is 0.139. The number of aromatic nitrogens is 3. The number of ether oxygens (including phenoxy) is 5. The summed E-state index contributed by atoms with van der Waals surface area (Å²) in [6.45, 7) is 1.05. The van der Waals surface area contributed by atoms with Crippen molar-refractivity contribution in [3.8, 4) is 0 Å². The molecule has 4 aromatic carbocycles. The van der Waals surface area contributed by atoms with Crippen molar-refractivity contribution in [2.75, 3.05) is 18.9 Å². The van der Waals surface area contributed by atoms with Crippen molar-refractivity contribution in [1.82, 2.24) is 14.6 Å². The van der Waals surface area contributed by atoms with E-state index in [1.807, 2.05) is 121 Å². The van der Waals surface area contributed by atoms with E-state index in [1.165, 1.54) is 10.8 Å². The Morgan fingerprint density at radius 3 is 1.58 bits per heavy atom. The fourth-order valence-corrected chi connectivity index (χ4v) is 6.39. The average Bonchev–Trinajstić information content (AvgIpc) is 3.70. The molecule has 3 N–H and O–H groups in total. The molecule has 0 saturated carbocycles. The Morgan fingerprint density at radius 1 is 0.620 bits per heavy atom. The number of hydrogen-bond donors (Lipinski definition) is 2. The van der Waals surface area contributed by atoms with E-state index in [4.69, 9.17) is 29.4 Å². The van der Waals surface area contributed by atoms with Crippen molar-refractivity contribution in [2.45, 2.75) is 50.0 Å². The van der Waals surface area contributed by atoms with Gasteiger partial charge in [-0.25, -0.2) is 9.50 Å². The van der Waals surface area contributed by atoms with E-state index in [2.05, 4.69) is 10.1 Å². The first-order valence-corrected chi connectivity index (χ1v) is 16.6. The molecule has 3 heterocycles. The number of nitrogens with zero attached hydrogens (tertiary/aromatic N) is 3. The van der Waals surface area contributed by atoms with Gasteiger partial charge in [0.05, 0.1) is 39.6 Å². The predicted octanol–water partition coefficient (Wildman–Crippen LogP) is 5.83. The molecule has 3 atom stereocenters. The molecule has 0 unspecified atom stereocenters. The summed E-state index contributed by atoms with van der Waals surface area (Å²) in [5, 5.41) is 17.4. The molecule has 0 bridgehead atoms. The molecule has 1 aliphatic heterocycles. The SMILES string of the molecule is Nc1ncnn2c([C@]3(O)OC(COCc4ccccc4)(COCc4ccccc4)[C@@H](OCc4ccccc4)[C@H]3OCc3ccccc3)ccc12. The highest BCUT2D eigenvalue weighted by Crippen LogP contribution is 2.48. The molecule has 0 radical (unpaired) electrons. The molecule has 0 aliphatic carbocycles. The Labute approximate surface area is 291 Å². The van der Waals surface area contributed by atoms with Crippen LogP contribution in [0.4, 0.5) is 5.82 Å². The van der Waals surface area contributed by atoms with Gasteiger partial charge in [-0.2, -0.15) is 5.10 Å². The van der Waals surface area contributed by atoms with Gasteiger partial charge >= 0.3 is 0 Å². The molecule has 7 rings (SSSR count). The second-order valence-electron chi connectivity index (χ2n) is 12.4. The second kappa shape index (κ2) is 15.3. The first-order chi connectivity index (χ1) is 24.5. The third-order valence-corrected chi connectivity index (χ3v) is 8.85. The van der Waals surface area contributed by atoms with E-state index in [1.54, 1.807) is 12.1 Å². The third-order valence-electron chi connectivity index (χ3n) is 8.85. The van der Waals surface area contributed by atoms with Crippen molar-refractivity contribution >= 4 is 11.3 Å². The molecule has 6 aromatic rings. The number of anilines is 1. The summed E-state index contributed by atoms with van der Waals surface area (Å²) in [7, 11) is 0. The van der Waals surface area contributed by atoms with E-state index in [0.29, 0.717) is 24.4 Å². The molecule has 1 fully saturated rings. The van der Waals surface area contributed by atoms with Gasteiger partial charge < -0.3 is 34.5 Å². The summed E-state index contributed by atoms with van der Waals surface area (Å²) in [4.78, 5) is 4.14. The van der Waals surface area contributed by atoms with Crippen LogP contribution in [0.3, 0.4) is 0 Å². The van der Waals surface area contributed by atoms with Gasteiger partial charge in [0.25, 0.3) is 0 Å². The van der Waals surface area contributed by atoms with E-state index < -0.39 is 23.6 Å². The molecule has 256 valence electrons. The number of aliphatic hydroxyl groups is 1. The van der Waals surface area contributed by atoms with Gasteiger partial charge in [-0.05, 0) is 34.4 Å². The molecule has 0 amide bonds. The van der Waals surface area contributed by atoms with Crippen LogP contribution in [-0.2, 0) is 55.9 Å². The zero-order chi connectivity index (χ0) is 34.2. The molecular weight excluding hydrogens is 632 g/mol. The van der Waals surface area contributed by atoms with Gasteiger partial charge in [-0.3, -0.25) is 0 Å². The van der Waals surface area contributed by atoms with Crippen LogP contribution >= 0.6 is 0 Å². The summed E-state index contributed by atoms with van der Waals surface area (Å²) in [5.74, 6) is -1.83. The fourth-order valence-electron chi connectivity index (χ4n) is 6.39. The van der Waals surface area contributed by atoms with Gasteiger partial charge in [0.1, 0.15) is 35.3 Å². The zero-order valence-corrected chi connectivity index (χ0v) is 27.6. The Morgan fingerprint density at radius 2 is 1.08 bits per heavy atom. The smallest absolute Gasteiger partial charge is 0.240 e. The number of nitrogens with two attached hydrogens (primary N) is 1. The van der Waals surface area contributed by atoms with Crippen LogP contribution in [0.15, 0.2) is 140 Å². The minimum atomic E-state index is -2.09. The van der Waals surface area contributed by atoms with Crippen molar-refractivity contribution in [1.29, 1.82) is 0 Å². The largest absolute Gasteiger partial charge is 0.382 e. The molecule has 1 saturated heterocycles. The van der Waals surface area contributed by atoms with Crippen molar-refractivity contribution < 1.29 is 28.8 Å². The maximum Gasteiger partial charge on any atom is 0.240 e. The van der Waals surface area contributed by atoms with Gasteiger partial charge in [-0.1, -0.05) is 121 Å². The monoisotopic (exact) mass is 672 g/mol. The minimum absolute atomic E-state index is 0.0179. The predicted molar refractivity (Wildman–Crippen MR) is 187 cm³/mol. The number of nitrogen functional groups attached to an aromatic ring is 1. The zero-order valence-electron chi connectivity index (χ0n) is 27.6. The van der Waals surface area contributed by atoms with E-state index >= 15 is 0 Å². The lowest BCUT2D eigenvalue weighted by atomic mass is 9.93. The van der Waals surface area contributed by atoms with Crippen LogP contribution in [0, 0.1) is 0 Å². The Hall–Kier alpha value is -4.94. The first-order valence-electron chi connectivity index (χ1n) is 16.6. The standard InChI is InChI=1S/C40H40N4O6/c41-38-34-21-22-35(44(34)43-29-42-38)40(45)37(49-26-33-19-11-4-12-20-33)36(48-25-32-17-9-3-10-18-32)39(50-40,27-46-23-30-13-5-1-6-14-30)28-47-24-31-15-7-2-8-16-31/h1-22,29,36-37,45H,23-28H2,(H2,41,42,43)/t36-,37+,40-/m0/s1. The molecule has 0 spiro atoms. The summed E-state index contributed by atoms with van der Waals surface area (Å²) in [6.07, 6.45) is -0.610. The summed E-state index contributed by atoms with van der Waals surface area (Å²) < 4.78 is 34.8. The minimum Gasteiger partial charge on any atom is -0.382 e. The number of rotatable bonds is 15. The van der Waals surface area contributed by atoms with Crippen LogP contribution in [0.5, 0.6) is 0 Å². The summed E-state index contributed by atoms with van der Waals surface area (Å²) in [5.41, 5.74) is 9.54. The van der Waals surface area contributed by atoms with Gasteiger partial charge in [0.2, 0.25) is 5.79 Å². The number of hydrogen-bond acceptors (Lipinski definition) is 9. The van der Waals surface area contributed by atoms with Crippen molar-refractivity contribution in [3.05, 3.63) is 168 Å². The lowest BCUT2D eigenvalue weighted by Crippen LogP contribution is -2.52. The van der Waals surface area contributed by atoms with Crippen molar-refractivity contribution in [2.24, 2.45) is 0 Å². The lowest BCUT2D eigenvalue weighted by molar-refractivity contribution is -0.284. The highest BCUT2D eigenvalue weighted by molar-refractivity contribution is 5.65. The van der Waals surface area contributed by atoms with Gasteiger partial charge in [0.15, 0.2) is 5.82 Å². The number of fused-ring (bicyclic) bond motifs is 1. The van der Waals surface area contributed by atoms with E-state index in [9.17, 15) is 5.11 Å². The van der Waals surface area contributed by atoms with Gasteiger partial charge in [-0.15, -0.1) is 0 Å². The second-order valence-corrected chi connectivity index (χ2v) is 12.4. The normalized spacial score (nSPS) is 19.9. The average molecular weight is 673 g/mol. The highest BCUT2D eigenvalue weighted by atomic mass is 16.7. The Kier molecular flexibility index (Phi) is 10.3. The molecule has 50 heavy (non-hydrogen) atoms. The Bertz CT molecular complexity index is 1900. The topological polar surface area (TPSA) is 123 Å². The van der Waals surface area contributed by atoms with Crippen LogP contribution < -0.4 is 5.73 Å².